The van der Waals surface area contributed by atoms with Crippen LogP contribution in [-0.2, 0) is 11.2 Å². The zero-order valence-corrected chi connectivity index (χ0v) is 13.4. The fourth-order valence-corrected chi connectivity index (χ4v) is 2.64. The van der Waals surface area contributed by atoms with E-state index in [0.717, 1.165) is 41.4 Å². The molecule has 19 heavy (non-hydrogen) atoms. The molecule has 2 nitrogen and oxygen atoms in total. The summed E-state index contributed by atoms with van der Waals surface area (Å²) in [6.07, 6.45) is 3.20. The molecule has 0 aliphatic heterocycles. The van der Waals surface area contributed by atoms with Gasteiger partial charge < -0.3 is 10.1 Å². The first-order valence-electron chi connectivity index (χ1n) is 6.77. The van der Waals surface area contributed by atoms with E-state index in [9.17, 15) is 0 Å². The van der Waals surface area contributed by atoms with Gasteiger partial charge in [-0.1, -0.05) is 36.2 Å². The van der Waals surface area contributed by atoms with Crippen LogP contribution in [0, 0.1) is 0 Å². The van der Waals surface area contributed by atoms with E-state index in [4.69, 9.17) is 27.9 Å². The van der Waals surface area contributed by atoms with Gasteiger partial charge in [0.1, 0.15) is 0 Å². The Bertz CT molecular complexity index is 364. The van der Waals surface area contributed by atoms with Crippen molar-refractivity contribution in [3.05, 3.63) is 33.8 Å². The van der Waals surface area contributed by atoms with Gasteiger partial charge in [-0.25, -0.2) is 0 Å². The number of halogens is 2. The van der Waals surface area contributed by atoms with Crippen molar-refractivity contribution in [3.63, 3.8) is 0 Å². The monoisotopic (exact) mass is 303 g/mol. The first kappa shape index (κ1) is 16.8. The zero-order valence-electron chi connectivity index (χ0n) is 11.9. The van der Waals surface area contributed by atoms with E-state index in [0.29, 0.717) is 6.04 Å². The zero-order chi connectivity index (χ0) is 14.3. The fraction of sp³-hybridized carbons (Fsp3) is 0.600. The molecule has 2 unspecified atom stereocenters. The van der Waals surface area contributed by atoms with E-state index in [2.05, 4.69) is 19.2 Å². The molecule has 1 aromatic rings. The summed E-state index contributed by atoms with van der Waals surface area (Å²) in [5.74, 6) is 0. The summed E-state index contributed by atoms with van der Waals surface area (Å²) in [6.45, 7) is 5.14. The van der Waals surface area contributed by atoms with E-state index in [1.165, 1.54) is 0 Å². The van der Waals surface area contributed by atoms with E-state index in [-0.39, 0.29) is 6.10 Å². The lowest BCUT2D eigenvalue weighted by Crippen LogP contribution is -2.32. The first-order valence-corrected chi connectivity index (χ1v) is 7.53. The molecule has 108 valence electrons. The van der Waals surface area contributed by atoms with Gasteiger partial charge in [-0.15, -0.1) is 0 Å². The summed E-state index contributed by atoms with van der Waals surface area (Å²) in [7, 11) is 1.75. The summed E-state index contributed by atoms with van der Waals surface area (Å²) in [5.41, 5.74) is 1.03. The maximum atomic E-state index is 6.23. The van der Waals surface area contributed by atoms with Gasteiger partial charge in [0.05, 0.1) is 6.10 Å². The number of methoxy groups -OCH3 is 1. The predicted molar refractivity (Wildman–Crippen MR) is 83.3 cm³/mol. The molecule has 4 heteroatoms. The Balaban J connectivity index is 2.67. The first-order chi connectivity index (χ1) is 9.08. The number of likely N-dealkylation sites (N-methyl/N-ethyl adjacent to an activating group) is 1. The van der Waals surface area contributed by atoms with E-state index < -0.39 is 0 Å². The molecule has 1 rings (SSSR count). The third kappa shape index (κ3) is 5.70. The molecule has 0 radical (unpaired) electrons. The van der Waals surface area contributed by atoms with Crippen LogP contribution in [0.4, 0.5) is 0 Å². The van der Waals surface area contributed by atoms with Crippen molar-refractivity contribution in [2.24, 2.45) is 0 Å². The minimum atomic E-state index is 0.280. The normalized spacial score (nSPS) is 14.4. The molecule has 0 saturated carbocycles. The van der Waals surface area contributed by atoms with Crippen LogP contribution in [0.25, 0.3) is 0 Å². The largest absolute Gasteiger partial charge is 0.382 e. The highest BCUT2D eigenvalue weighted by molar-refractivity contribution is 6.35. The van der Waals surface area contributed by atoms with Gasteiger partial charge in [0.2, 0.25) is 0 Å². The molecule has 1 aromatic carbocycles. The minimum Gasteiger partial charge on any atom is -0.382 e. The summed E-state index contributed by atoms with van der Waals surface area (Å²) < 4.78 is 5.30. The van der Waals surface area contributed by atoms with Gasteiger partial charge in [-0.05, 0) is 50.4 Å². The molecule has 0 heterocycles. The second-order valence-electron chi connectivity index (χ2n) is 4.78. The summed E-state index contributed by atoms with van der Waals surface area (Å²) >= 11 is 12.5. The Labute approximate surface area is 126 Å². The van der Waals surface area contributed by atoms with Crippen molar-refractivity contribution < 1.29 is 4.74 Å². The number of hydrogen-bond acceptors (Lipinski definition) is 2. The summed E-state index contributed by atoms with van der Waals surface area (Å²) in [5, 5.41) is 4.98. The van der Waals surface area contributed by atoms with E-state index in [1.807, 2.05) is 18.2 Å². The van der Waals surface area contributed by atoms with Gasteiger partial charge in [-0.3, -0.25) is 0 Å². The van der Waals surface area contributed by atoms with Gasteiger partial charge in [0, 0.05) is 23.2 Å². The van der Waals surface area contributed by atoms with Gasteiger partial charge in [0.15, 0.2) is 0 Å². The van der Waals surface area contributed by atoms with Crippen molar-refractivity contribution in [1.82, 2.24) is 5.32 Å². The van der Waals surface area contributed by atoms with Crippen molar-refractivity contribution >= 4 is 23.2 Å². The minimum absolute atomic E-state index is 0.280. The average molecular weight is 304 g/mol. The highest BCUT2D eigenvalue weighted by Crippen LogP contribution is 2.26. The molecule has 0 saturated heterocycles. The molecule has 0 fully saturated rings. The second-order valence-corrected chi connectivity index (χ2v) is 5.60. The fourth-order valence-electron chi connectivity index (χ4n) is 2.09. The number of nitrogens with one attached hydrogen (secondary N) is 1. The lowest BCUT2D eigenvalue weighted by molar-refractivity contribution is 0.106. The summed E-state index contributed by atoms with van der Waals surface area (Å²) in [4.78, 5) is 0. The number of benzene rings is 1. The third-order valence-corrected chi connectivity index (χ3v) is 4.04. The third-order valence-electron chi connectivity index (χ3n) is 3.33. The van der Waals surface area contributed by atoms with Crippen molar-refractivity contribution in [1.29, 1.82) is 0 Å². The van der Waals surface area contributed by atoms with Crippen LogP contribution >= 0.6 is 23.2 Å². The predicted octanol–water partition coefficient (Wildman–Crippen LogP) is 4.33. The van der Waals surface area contributed by atoms with Crippen LogP contribution in [0.15, 0.2) is 18.2 Å². The molecule has 0 aliphatic carbocycles. The Hall–Kier alpha value is -0.280. The number of ether oxygens (including phenoxy) is 1. The lowest BCUT2D eigenvalue weighted by atomic mass is 10.00. The molecule has 2 atom stereocenters. The molecule has 0 bridgehead atoms. The Morgan fingerprint density at radius 2 is 1.84 bits per heavy atom. The van der Waals surface area contributed by atoms with Crippen LogP contribution in [-0.4, -0.2) is 25.8 Å². The van der Waals surface area contributed by atoms with E-state index >= 15 is 0 Å². The molecule has 1 N–H and O–H groups in total. The Morgan fingerprint density at radius 1 is 1.21 bits per heavy atom. The van der Waals surface area contributed by atoms with Gasteiger partial charge in [0.25, 0.3) is 0 Å². The molecule has 0 amide bonds. The number of rotatable bonds is 8. The van der Waals surface area contributed by atoms with Crippen LogP contribution in [0.3, 0.4) is 0 Å². The quantitative estimate of drug-likeness (QED) is 0.772. The second kappa shape index (κ2) is 8.80. The maximum absolute atomic E-state index is 6.23. The number of hydrogen-bond donors (Lipinski definition) is 1. The smallest absolute Gasteiger partial charge is 0.0543 e. The van der Waals surface area contributed by atoms with Crippen LogP contribution in [0.5, 0.6) is 0 Å². The summed E-state index contributed by atoms with van der Waals surface area (Å²) in [6, 6.07) is 6.04. The van der Waals surface area contributed by atoms with E-state index in [1.54, 1.807) is 7.11 Å². The van der Waals surface area contributed by atoms with Gasteiger partial charge >= 0.3 is 0 Å². The average Bonchev–Trinajstić information content (AvgIpc) is 2.39. The molecular weight excluding hydrogens is 281 g/mol. The van der Waals surface area contributed by atoms with Crippen LogP contribution in [0.2, 0.25) is 10.0 Å². The molecule has 0 aromatic heterocycles. The Morgan fingerprint density at radius 3 is 2.37 bits per heavy atom. The van der Waals surface area contributed by atoms with Crippen molar-refractivity contribution in [2.45, 2.75) is 45.3 Å². The maximum Gasteiger partial charge on any atom is 0.0543 e. The Kier molecular flexibility index (Phi) is 7.77. The molecule has 0 aliphatic rings. The van der Waals surface area contributed by atoms with Crippen LogP contribution in [0.1, 0.15) is 32.3 Å². The molecule has 0 spiro atoms. The lowest BCUT2D eigenvalue weighted by Gasteiger charge is -2.21. The van der Waals surface area contributed by atoms with Gasteiger partial charge in [-0.2, -0.15) is 0 Å². The highest BCUT2D eigenvalue weighted by atomic mass is 35.5. The van der Waals surface area contributed by atoms with Crippen molar-refractivity contribution in [2.75, 3.05) is 13.7 Å². The molecular formula is C15H23Cl2NO. The standard InChI is InChI=1S/C15H23Cl2NO/c1-4-18-12(9-8-11(2)19-3)10-13-14(16)6-5-7-15(13)17/h5-7,11-12,18H,4,8-10H2,1-3H3. The van der Waals surface area contributed by atoms with Crippen molar-refractivity contribution in [3.8, 4) is 0 Å². The highest BCUT2D eigenvalue weighted by Gasteiger charge is 2.14. The SMILES string of the molecule is CCNC(CCC(C)OC)Cc1c(Cl)cccc1Cl. The van der Waals surface area contributed by atoms with Crippen LogP contribution < -0.4 is 5.32 Å². The topological polar surface area (TPSA) is 21.3 Å².